The van der Waals surface area contributed by atoms with Gasteiger partial charge in [0.05, 0.1) is 11.7 Å². The summed E-state index contributed by atoms with van der Waals surface area (Å²) < 4.78 is 31.2. The van der Waals surface area contributed by atoms with Gasteiger partial charge in [-0.3, -0.25) is 4.79 Å². The quantitative estimate of drug-likeness (QED) is 0.793. The van der Waals surface area contributed by atoms with Crippen LogP contribution in [0.15, 0.2) is 4.52 Å². The Bertz CT molecular complexity index is 833. The van der Waals surface area contributed by atoms with Crippen LogP contribution in [0.4, 0.5) is 0 Å². The fourth-order valence-electron chi connectivity index (χ4n) is 5.46. The van der Waals surface area contributed by atoms with Gasteiger partial charge >= 0.3 is 0 Å². The SMILES string of the molecule is Cc1noc([C@]23C[C@H](NC(=O)CC4CCCCC4)C[C@H]2CN(S(C)(=O)=O)C3)n1. The summed E-state index contributed by atoms with van der Waals surface area (Å²) in [7, 11) is -3.29. The van der Waals surface area contributed by atoms with Crippen LogP contribution in [0, 0.1) is 18.8 Å². The minimum atomic E-state index is -3.29. The van der Waals surface area contributed by atoms with Gasteiger partial charge in [-0.25, -0.2) is 12.7 Å². The normalized spacial score (nSPS) is 31.8. The number of rotatable bonds is 5. The van der Waals surface area contributed by atoms with E-state index in [4.69, 9.17) is 4.52 Å². The Morgan fingerprint density at radius 2 is 2.07 bits per heavy atom. The molecule has 3 fully saturated rings. The van der Waals surface area contributed by atoms with Crippen LogP contribution in [0.3, 0.4) is 0 Å². The molecule has 1 amide bonds. The molecule has 0 bridgehead atoms. The Morgan fingerprint density at radius 1 is 1.32 bits per heavy atom. The number of aromatic nitrogens is 2. The maximum Gasteiger partial charge on any atom is 0.234 e. The molecule has 3 aliphatic rings. The maximum atomic E-state index is 12.6. The van der Waals surface area contributed by atoms with E-state index in [0.717, 1.165) is 19.3 Å². The van der Waals surface area contributed by atoms with Crippen LogP contribution in [0.1, 0.15) is 63.1 Å². The molecule has 0 aromatic carbocycles. The van der Waals surface area contributed by atoms with Crippen LogP contribution in [0.5, 0.6) is 0 Å². The Morgan fingerprint density at radius 3 is 2.71 bits per heavy atom. The van der Waals surface area contributed by atoms with E-state index >= 15 is 0 Å². The van der Waals surface area contributed by atoms with E-state index in [9.17, 15) is 13.2 Å². The van der Waals surface area contributed by atoms with Gasteiger partial charge in [0.25, 0.3) is 0 Å². The van der Waals surface area contributed by atoms with Crippen molar-refractivity contribution >= 4 is 15.9 Å². The molecule has 9 heteroatoms. The van der Waals surface area contributed by atoms with Gasteiger partial charge in [0.15, 0.2) is 5.82 Å². The fraction of sp³-hybridized carbons (Fsp3) is 0.842. The van der Waals surface area contributed by atoms with Crippen LogP contribution < -0.4 is 5.32 Å². The number of amides is 1. The largest absolute Gasteiger partial charge is 0.353 e. The van der Waals surface area contributed by atoms with Crippen LogP contribution in [0.25, 0.3) is 0 Å². The van der Waals surface area contributed by atoms with E-state index in [1.165, 1.54) is 29.8 Å². The van der Waals surface area contributed by atoms with Crippen LogP contribution in [-0.4, -0.2) is 54.2 Å². The molecule has 0 spiro atoms. The highest BCUT2D eigenvalue weighted by molar-refractivity contribution is 7.88. The molecule has 4 rings (SSSR count). The Labute approximate surface area is 166 Å². The maximum absolute atomic E-state index is 12.6. The van der Waals surface area contributed by atoms with Crippen LogP contribution in [0.2, 0.25) is 0 Å². The highest BCUT2D eigenvalue weighted by atomic mass is 32.2. The first kappa shape index (κ1) is 19.8. The van der Waals surface area contributed by atoms with Gasteiger partial charge in [-0.1, -0.05) is 24.4 Å². The van der Waals surface area contributed by atoms with Crippen molar-refractivity contribution in [2.45, 2.75) is 69.7 Å². The number of carbonyl (C=O) groups excluding carboxylic acids is 1. The lowest BCUT2D eigenvalue weighted by Gasteiger charge is -2.25. The van der Waals surface area contributed by atoms with Crippen LogP contribution in [-0.2, 0) is 20.2 Å². The van der Waals surface area contributed by atoms with E-state index in [2.05, 4.69) is 15.5 Å². The molecule has 1 aliphatic heterocycles. The number of nitrogens with zero attached hydrogens (tertiary/aromatic N) is 3. The summed E-state index contributed by atoms with van der Waals surface area (Å²) in [5.74, 6) is 1.74. The predicted molar refractivity (Wildman–Crippen MR) is 103 cm³/mol. The molecule has 8 nitrogen and oxygen atoms in total. The molecular weight excluding hydrogens is 380 g/mol. The minimum Gasteiger partial charge on any atom is -0.353 e. The van der Waals surface area contributed by atoms with Gasteiger partial charge in [0.2, 0.25) is 21.8 Å². The smallest absolute Gasteiger partial charge is 0.234 e. The summed E-state index contributed by atoms with van der Waals surface area (Å²) in [4.78, 5) is 17.0. The van der Waals surface area contributed by atoms with Crippen molar-refractivity contribution in [3.63, 3.8) is 0 Å². The van der Waals surface area contributed by atoms with Gasteiger partial charge in [-0.05, 0) is 44.4 Å². The van der Waals surface area contributed by atoms with Gasteiger partial charge in [-0.2, -0.15) is 4.98 Å². The number of aryl methyl sites for hydroxylation is 1. The zero-order valence-corrected chi connectivity index (χ0v) is 17.5. The summed E-state index contributed by atoms with van der Waals surface area (Å²) in [5.41, 5.74) is -0.507. The van der Waals surface area contributed by atoms with Crippen molar-refractivity contribution in [1.82, 2.24) is 19.8 Å². The summed E-state index contributed by atoms with van der Waals surface area (Å²) in [6.45, 7) is 2.54. The Kier molecular flexibility index (Phi) is 5.24. The van der Waals surface area contributed by atoms with Crippen molar-refractivity contribution in [2.75, 3.05) is 19.3 Å². The molecule has 2 heterocycles. The molecule has 28 heavy (non-hydrogen) atoms. The minimum absolute atomic E-state index is 0.0232. The lowest BCUT2D eigenvalue weighted by molar-refractivity contribution is -0.123. The van der Waals surface area contributed by atoms with Gasteiger partial charge < -0.3 is 9.84 Å². The highest BCUT2D eigenvalue weighted by Crippen LogP contribution is 2.50. The third-order valence-corrected chi connectivity index (χ3v) is 8.05. The second-order valence-electron chi connectivity index (χ2n) is 8.97. The topological polar surface area (TPSA) is 105 Å². The van der Waals surface area contributed by atoms with Gasteiger partial charge in [-0.15, -0.1) is 0 Å². The second-order valence-corrected chi connectivity index (χ2v) is 11.0. The fourth-order valence-corrected chi connectivity index (χ4v) is 6.37. The third kappa shape index (κ3) is 3.83. The molecule has 0 unspecified atom stereocenters. The first-order valence-electron chi connectivity index (χ1n) is 10.3. The van der Waals surface area contributed by atoms with Gasteiger partial charge in [0.1, 0.15) is 0 Å². The van der Waals surface area contributed by atoms with Crippen molar-refractivity contribution in [3.8, 4) is 0 Å². The first-order chi connectivity index (χ1) is 13.3. The van der Waals surface area contributed by atoms with Crippen molar-refractivity contribution in [3.05, 3.63) is 11.7 Å². The number of sulfonamides is 1. The summed E-state index contributed by atoms with van der Waals surface area (Å²) in [6, 6.07) is 0.0232. The average molecular weight is 411 g/mol. The van der Waals surface area contributed by atoms with E-state index in [0.29, 0.717) is 43.6 Å². The molecule has 156 valence electrons. The van der Waals surface area contributed by atoms with E-state index in [1.54, 1.807) is 6.92 Å². The van der Waals surface area contributed by atoms with Gasteiger partial charge in [0, 0.05) is 25.6 Å². The Balaban J connectivity index is 1.47. The van der Waals surface area contributed by atoms with Crippen LogP contribution >= 0.6 is 0 Å². The van der Waals surface area contributed by atoms with Crippen molar-refractivity contribution < 1.29 is 17.7 Å². The molecule has 2 aliphatic carbocycles. The molecule has 1 aromatic heterocycles. The zero-order chi connectivity index (χ0) is 19.9. The molecule has 1 N–H and O–H groups in total. The lowest BCUT2D eigenvalue weighted by atomic mass is 9.80. The second kappa shape index (κ2) is 7.40. The summed E-state index contributed by atoms with van der Waals surface area (Å²) in [6.07, 6.45) is 9.25. The number of nitrogens with one attached hydrogen (secondary N) is 1. The first-order valence-corrected chi connectivity index (χ1v) is 12.2. The number of fused-ring (bicyclic) bond motifs is 1. The summed E-state index contributed by atoms with van der Waals surface area (Å²) in [5, 5.41) is 7.14. The molecule has 1 aromatic rings. The zero-order valence-electron chi connectivity index (χ0n) is 16.7. The average Bonchev–Trinajstić information content (AvgIpc) is 3.27. The lowest BCUT2D eigenvalue weighted by Crippen LogP contribution is -2.39. The van der Waals surface area contributed by atoms with E-state index in [-0.39, 0.29) is 17.9 Å². The number of hydrogen-bond donors (Lipinski definition) is 1. The standard InChI is InChI=1S/C19H30N4O4S/c1-13-20-18(27-22-13)19-10-16(9-15(19)11-23(12-19)28(2,25)26)21-17(24)8-14-6-4-3-5-7-14/h14-16H,3-12H2,1-2H3,(H,21,24)/t15-,16+,19-/m0/s1. The van der Waals surface area contributed by atoms with E-state index in [1.807, 2.05) is 0 Å². The molecular formula is C19H30N4O4S. The van der Waals surface area contributed by atoms with Crippen molar-refractivity contribution in [2.24, 2.45) is 11.8 Å². The third-order valence-electron chi connectivity index (χ3n) is 6.83. The summed E-state index contributed by atoms with van der Waals surface area (Å²) >= 11 is 0. The Hall–Kier alpha value is -1.48. The molecule has 2 saturated carbocycles. The highest BCUT2D eigenvalue weighted by Gasteiger charge is 2.58. The number of carbonyl (C=O) groups is 1. The molecule has 1 saturated heterocycles. The molecule has 0 radical (unpaired) electrons. The predicted octanol–water partition coefficient (Wildman–Crippen LogP) is 1.76. The monoisotopic (exact) mass is 410 g/mol. The molecule has 3 atom stereocenters. The number of hydrogen-bond acceptors (Lipinski definition) is 6. The van der Waals surface area contributed by atoms with E-state index < -0.39 is 15.4 Å². The van der Waals surface area contributed by atoms with Crippen molar-refractivity contribution in [1.29, 1.82) is 0 Å².